The topological polar surface area (TPSA) is 98.0 Å². The zero-order valence-electron chi connectivity index (χ0n) is 9.65. The molecule has 100 valence electrons. The van der Waals surface area contributed by atoms with Crippen molar-refractivity contribution in [1.29, 1.82) is 0 Å². The van der Waals surface area contributed by atoms with Crippen molar-refractivity contribution in [2.75, 3.05) is 5.75 Å². The highest BCUT2D eigenvalue weighted by atomic mass is 32.1. The van der Waals surface area contributed by atoms with Crippen molar-refractivity contribution in [1.82, 2.24) is 0 Å². The van der Waals surface area contributed by atoms with Gasteiger partial charge in [0.2, 0.25) is 0 Å². The summed E-state index contributed by atoms with van der Waals surface area (Å²) in [5.74, 6) is -0.778. The molecule has 2 unspecified atom stereocenters. The van der Waals surface area contributed by atoms with Crippen LogP contribution in [-0.4, -0.2) is 38.3 Å². The Balaban J connectivity index is 2.95. The van der Waals surface area contributed by atoms with E-state index in [1.165, 1.54) is 18.2 Å². The fraction of sp³-hybridized carbons (Fsp3) is 0.417. The molecule has 0 radical (unpaired) electrons. The van der Waals surface area contributed by atoms with E-state index in [2.05, 4.69) is 12.6 Å². The Hall–Kier alpha value is -1.24. The van der Waals surface area contributed by atoms with Crippen molar-refractivity contribution in [3.63, 3.8) is 0 Å². The van der Waals surface area contributed by atoms with Crippen molar-refractivity contribution < 1.29 is 25.2 Å². The molecule has 1 aromatic rings. The molecule has 0 amide bonds. The first-order valence-electron chi connectivity index (χ1n) is 5.46. The second-order valence-corrected chi connectivity index (χ2v) is 4.44. The summed E-state index contributed by atoms with van der Waals surface area (Å²) in [4.78, 5) is 10.6. The molecule has 0 aromatic heterocycles. The van der Waals surface area contributed by atoms with E-state index in [9.17, 15) is 20.1 Å². The molecule has 0 saturated carbocycles. The number of aromatic hydroxyl groups is 1. The van der Waals surface area contributed by atoms with Crippen molar-refractivity contribution in [2.24, 2.45) is 0 Å². The molecule has 0 saturated heterocycles. The minimum Gasteiger partial charge on any atom is -0.508 e. The van der Waals surface area contributed by atoms with E-state index in [4.69, 9.17) is 5.11 Å². The Morgan fingerprint density at radius 3 is 2.56 bits per heavy atom. The fourth-order valence-corrected chi connectivity index (χ4v) is 1.89. The molecule has 0 fully saturated rings. The number of benzene rings is 1. The number of thiol groups is 1. The maximum atomic E-state index is 10.6. The number of hydrogen-bond donors (Lipinski definition) is 5. The molecule has 2 atom stereocenters. The van der Waals surface area contributed by atoms with E-state index >= 15 is 0 Å². The van der Waals surface area contributed by atoms with Crippen LogP contribution < -0.4 is 0 Å². The number of hydrogen-bond acceptors (Lipinski definition) is 5. The summed E-state index contributed by atoms with van der Waals surface area (Å²) in [5, 5.41) is 37.8. The van der Waals surface area contributed by atoms with Gasteiger partial charge < -0.3 is 20.4 Å². The van der Waals surface area contributed by atoms with Gasteiger partial charge in [0.05, 0.1) is 12.5 Å². The molecule has 1 aromatic carbocycles. The number of phenols is 1. The molecule has 0 aliphatic heterocycles. The summed E-state index contributed by atoms with van der Waals surface area (Å²) in [5.41, 5.74) is 0.579. The molecule has 0 aliphatic carbocycles. The molecular formula is C12H16O5S. The minimum absolute atomic E-state index is 0.128. The van der Waals surface area contributed by atoms with Crippen LogP contribution in [0.4, 0.5) is 0 Å². The number of phenolic OH excluding ortho intramolecular Hbond substituents is 1. The van der Waals surface area contributed by atoms with Gasteiger partial charge in [-0.05, 0) is 29.9 Å². The lowest BCUT2D eigenvalue weighted by atomic mass is 9.98. The summed E-state index contributed by atoms with van der Waals surface area (Å²) in [6.45, 7) is 0. The largest absolute Gasteiger partial charge is 0.508 e. The SMILES string of the molecule is O=C(O)Cc1ccc(O)c(C(O)C(O)CCS)c1. The Bertz CT molecular complexity index is 421. The molecule has 0 aliphatic rings. The van der Waals surface area contributed by atoms with E-state index in [1.54, 1.807) is 0 Å². The number of carboxylic acid groups (broad SMARTS) is 1. The number of aliphatic hydroxyl groups excluding tert-OH is 2. The molecule has 5 nitrogen and oxygen atoms in total. The van der Waals surface area contributed by atoms with Gasteiger partial charge in [0.15, 0.2) is 0 Å². The van der Waals surface area contributed by atoms with E-state index in [-0.39, 0.29) is 24.2 Å². The lowest BCUT2D eigenvalue weighted by molar-refractivity contribution is -0.136. The smallest absolute Gasteiger partial charge is 0.307 e. The molecule has 18 heavy (non-hydrogen) atoms. The quantitative estimate of drug-likeness (QED) is 0.492. The third-order valence-electron chi connectivity index (χ3n) is 2.56. The highest BCUT2D eigenvalue weighted by Gasteiger charge is 2.21. The Kier molecular flexibility index (Phi) is 5.46. The fourth-order valence-electron chi connectivity index (χ4n) is 1.62. The van der Waals surface area contributed by atoms with Crippen LogP contribution in [0, 0.1) is 0 Å². The van der Waals surface area contributed by atoms with Crippen LogP contribution in [0.5, 0.6) is 5.75 Å². The van der Waals surface area contributed by atoms with Gasteiger partial charge in [0, 0.05) is 5.56 Å². The Labute approximate surface area is 110 Å². The first kappa shape index (κ1) is 14.8. The molecule has 0 heterocycles. The van der Waals surface area contributed by atoms with Gasteiger partial charge in [0.1, 0.15) is 11.9 Å². The van der Waals surface area contributed by atoms with Crippen LogP contribution >= 0.6 is 12.6 Å². The number of aliphatic hydroxyl groups is 2. The van der Waals surface area contributed by atoms with Crippen molar-refractivity contribution in [3.8, 4) is 5.75 Å². The van der Waals surface area contributed by atoms with Crippen LogP contribution in [-0.2, 0) is 11.2 Å². The monoisotopic (exact) mass is 272 g/mol. The summed E-state index contributed by atoms with van der Waals surface area (Å²) < 4.78 is 0. The second kappa shape index (κ2) is 6.63. The average Bonchev–Trinajstić information content (AvgIpc) is 2.30. The lowest BCUT2D eigenvalue weighted by Crippen LogP contribution is -2.19. The zero-order valence-corrected chi connectivity index (χ0v) is 10.5. The molecule has 1 rings (SSSR count). The normalized spacial score (nSPS) is 14.2. The number of rotatable bonds is 6. The Morgan fingerprint density at radius 1 is 1.33 bits per heavy atom. The zero-order chi connectivity index (χ0) is 13.7. The van der Waals surface area contributed by atoms with Gasteiger partial charge >= 0.3 is 5.97 Å². The second-order valence-electron chi connectivity index (χ2n) is 3.99. The Morgan fingerprint density at radius 2 is 2.00 bits per heavy atom. The van der Waals surface area contributed by atoms with Crippen LogP contribution in [0.3, 0.4) is 0 Å². The molecular weight excluding hydrogens is 256 g/mol. The summed E-state index contributed by atoms with van der Waals surface area (Å²) in [6.07, 6.45) is -2.24. The highest BCUT2D eigenvalue weighted by Crippen LogP contribution is 2.28. The van der Waals surface area contributed by atoms with Crippen molar-refractivity contribution >= 4 is 18.6 Å². The number of aliphatic carboxylic acids is 1. The van der Waals surface area contributed by atoms with Crippen LogP contribution in [0.25, 0.3) is 0 Å². The molecule has 6 heteroatoms. The number of carbonyl (C=O) groups is 1. The predicted molar refractivity (Wildman–Crippen MR) is 68.9 cm³/mol. The van der Waals surface area contributed by atoms with E-state index < -0.39 is 18.2 Å². The lowest BCUT2D eigenvalue weighted by Gasteiger charge is -2.19. The van der Waals surface area contributed by atoms with Gasteiger partial charge in [0.25, 0.3) is 0 Å². The first-order chi connectivity index (χ1) is 8.45. The van der Waals surface area contributed by atoms with Gasteiger partial charge in [-0.1, -0.05) is 6.07 Å². The molecule has 0 bridgehead atoms. The van der Waals surface area contributed by atoms with Gasteiger partial charge in [-0.2, -0.15) is 12.6 Å². The van der Waals surface area contributed by atoms with E-state index in [1.807, 2.05) is 0 Å². The average molecular weight is 272 g/mol. The van der Waals surface area contributed by atoms with Crippen LogP contribution in [0.2, 0.25) is 0 Å². The van der Waals surface area contributed by atoms with Crippen molar-refractivity contribution in [2.45, 2.75) is 25.0 Å². The maximum Gasteiger partial charge on any atom is 0.307 e. The van der Waals surface area contributed by atoms with Gasteiger partial charge in [-0.15, -0.1) is 0 Å². The van der Waals surface area contributed by atoms with Gasteiger partial charge in [-0.3, -0.25) is 4.79 Å². The summed E-state index contributed by atoms with van der Waals surface area (Å²) >= 11 is 3.95. The van der Waals surface area contributed by atoms with Gasteiger partial charge in [-0.25, -0.2) is 0 Å². The van der Waals surface area contributed by atoms with E-state index in [0.717, 1.165) is 0 Å². The minimum atomic E-state index is -1.26. The number of carboxylic acids is 1. The third kappa shape index (κ3) is 3.90. The maximum absolute atomic E-state index is 10.6. The van der Waals surface area contributed by atoms with Crippen molar-refractivity contribution in [3.05, 3.63) is 29.3 Å². The highest BCUT2D eigenvalue weighted by molar-refractivity contribution is 7.80. The standard InChI is InChI=1S/C12H16O5S/c13-9-2-1-7(6-11(15)16)5-8(9)12(17)10(14)3-4-18/h1-2,5,10,12-14,17-18H,3-4,6H2,(H,15,16). The van der Waals surface area contributed by atoms with E-state index in [0.29, 0.717) is 11.3 Å². The first-order valence-corrected chi connectivity index (χ1v) is 6.09. The molecule has 4 N–H and O–H groups in total. The molecule has 0 spiro atoms. The van der Waals surface area contributed by atoms with Crippen LogP contribution in [0.1, 0.15) is 23.7 Å². The van der Waals surface area contributed by atoms with Crippen LogP contribution in [0.15, 0.2) is 18.2 Å². The third-order valence-corrected chi connectivity index (χ3v) is 2.81. The summed E-state index contributed by atoms with van der Waals surface area (Å²) in [6, 6.07) is 4.16. The predicted octanol–water partition coefficient (Wildman–Crippen LogP) is 0.733. The summed E-state index contributed by atoms with van der Waals surface area (Å²) in [7, 11) is 0.